The van der Waals surface area contributed by atoms with Crippen molar-refractivity contribution in [1.29, 1.82) is 0 Å². The topological polar surface area (TPSA) is 51.8 Å². The van der Waals surface area contributed by atoms with Crippen molar-refractivity contribution in [2.45, 2.75) is 13.1 Å². The van der Waals surface area contributed by atoms with Gasteiger partial charge in [0.05, 0.1) is 5.69 Å². The molecule has 1 aliphatic rings. The molecule has 3 heterocycles. The van der Waals surface area contributed by atoms with Crippen LogP contribution in [-0.4, -0.2) is 23.0 Å². The van der Waals surface area contributed by atoms with Gasteiger partial charge in [-0.3, -0.25) is 0 Å². The molecule has 0 aliphatic carbocycles. The molecule has 1 aliphatic heterocycles. The molecule has 0 fully saturated rings. The van der Waals surface area contributed by atoms with Crippen molar-refractivity contribution in [3.8, 4) is 78.6 Å². The zero-order chi connectivity index (χ0) is 36.2. The molecule has 0 atom stereocenters. The van der Waals surface area contributed by atoms with Crippen molar-refractivity contribution in [3.63, 3.8) is 0 Å². The van der Waals surface area contributed by atoms with Crippen LogP contribution in [0, 0.1) is 0 Å². The van der Waals surface area contributed by atoms with E-state index in [9.17, 15) is 0 Å². The van der Waals surface area contributed by atoms with Gasteiger partial charge in [-0.15, -0.1) is 0 Å². The fourth-order valence-corrected chi connectivity index (χ4v) is 10.8. The highest BCUT2D eigenvalue weighted by atomic mass is 28.3. The zero-order valence-corrected chi connectivity index (χ0v) is 31.0. The van der Waals surface area contributed by atoms with Crippen LogP contribution in [0.1, 0.15) is 0 Å². The summed E-state index contributed by atoms with van der Waals surface area (Å²) < 4.78 is 6.08. The van der Waals surface area contributed by atoms with Gasteiger partial charge in [0.2, 0.25) is 5.89 Å². The van der Waals surface area contributed by atoms with Gasteiger partial charge in [-0.1, -0.05) is 147 Å². The molecule has 0 bridgehead atoms. The van der Waals surface area contributed by atoms with E-state index in [2.05, 4.69) is 159 Å². The lowest BCUT2D eigenvalue weighted by molar-refractivity contribution is 0.620. The van der Waals surface area contributed by atoms with E-state index in [0.29, 0.717) is 5.89 Å². The smallest absolute Gasteiger partial charge is 0.227 e. The Morgan fingerprint density at radius 2 is 0.926 bits per heavy atom. The van der Waals surface area contributed by atoms with Crippen LogP contribution in [0.4, 0.5) is 0 Å². The van der Waals surface area contributed by atoms with Gasteiger partial charge < -0.3 is 4.42 Å². The molecule has 10 rings (SSSR count). The van der Waals surface area contributed by atoms with Crippen LogP contribution in [-0.2, 0) is 0 Å². The van der Waals surface area contributed by atoms with Crippen molar-refractivity contribution in [2.24, 2.45) is 0 Å². The molecule has 4 nitrogen and oxygen atoms in total. The number of hydrogen-bond acceptors (Lipinski definition) is 4. The minimum atomic E-state index is -2.05. The zero-order valence-electron chi connectivity index (χ0n) is 30.0. The first-order valence-corrected chi connectivity index (χ1v) is 21.4. The first-order valence-electron chi connectivity index (χ1n) is 18.4. The summed E-state index contributed by atoms with van der Waals surface area (Å²) >= 11 is 0. The van der Waals surface area contributed by atoms with E-state index < -0.39 is 8.07 Å². The first-order chi connectivity index (χ1) is 26.5. The predicted octanol–water partition coefficient (Wildman–Crippen LogP) is 11.4. The molecule has 0 spiro atoms. The molecule has 0 amide bonds. The van der Waals surface area contributed by atoms with Crippen molar-refractivity contribution in [1.82, 2.24) is 15.0 Å². The van der Waals surface area contributed by atoms with Gasteiger partial charge in [0.25, 0.3) is 0 Å². The van der Waals surface area contributed by atoms with Gasteiger partial charge in [-0.2, -0.15) is 0 Å². The molecule has 2 aromatic heterocycles. The van der Waals surface area contributed by atoms with Crippen molar-refractivity contribution in [3.05, 3.63) is 176 Å². The molecule has 0 unspecified atom stereocenters. The summed E-state index contributed by atoms with van der Waals surface area (Å²) in [5, 5.41) is 2.63. The van der Waals surface area contributed by atoms with E-state index in [0.717, 1.165) is 72.7 Å². The lowest BCUT2D eigenvalue weighted by Crippen LogP contribution is -2.50. The number of fused-ring (bicyclic) bond motifs is 4. The highest BCUT2D eigenvalue weighted by Gasteiger charge is 2.41. The van der Waals surface area contributed by atoms with Gasteiger partial charge in [0, 0.05) is 27.6 Å². The van der Waals surface area contributed by atoms with E-state index in [1.165, 1.54) is 21.6 Å². The summed E-state index contributed by atoms with van der Waals surface area (Å²) in [6.45, 7) is 4.82. The summed E-state index contributed by atoms with van der Waals surface area (Å²) in [4.78, 5) is 15.4. The fraction of sp³-hybridized carbons (Fsp3) is 0.0408. The van der Waals surface area contributed by atoms with Gasteiger partial charge in [0.1, 0.15) is 13.6 Å². The van der Waals surface area contributed by atoms with E-state index >= 15 is 0 Å². The molecule has 54 heavy (non-hydrogen) atoms. The Balaban J connectivity index is 1.00. The standard InChI is InChI=1S/C49H35N3OSi/c1-54(2)44-27-9-6-24-41(44)45-46(32-14-4-3-5-15-32)51-47(52-49(45)54)39-22-12-20-37(30-39)35-18-10-16-33(28-35)34-17-11-19-36(29-34)38-21-13-23-40(31-38)48-50-42-25-7-8-26-43(42)53-48/h3-31H,1-2H3. The Morgan fingerprint density at radius 3 is 1.57 bits per heavy atom. The minimum absolute atomic E-state index is 0.626. The van der Waals surface area contributed by atoms with Crippen LogP contribution in [0.2, 0.25) is 13.1 Å². The van der Waals surface area contributed by atoms with Crippen LogP contribution in [0.15, 0.2) is 180 Å². The molecule has 256 valence electrons. The van der Waals surface area contributed by atoms with Gasteiger partial charge >= 0.3 is 0 Å². The van der Waals surface area contributed by atoms with Crippen LogP contribution in [0.25, 0.3) is 89.7 Å². The van der Waals surface area contributed by atoms with Crippen LogP contribution in [0.5, 0.6) is 0 Å². The van der Waals surface area contributed by atoms with E-state index in [4.69, 9.17) is 19.4 Å². The van der Waals surface area contributed by atoms with Crippen LogP contribution >= 0.6 is 0 Å². The maximum absolute atomic E-state index is 6.08. The van der Waals surface area contributed by atoms with Gasteiger partial charge in [-0.05, 0) is 86.6 Å². The Labute approximate surface area is 315 Å². The lowest BCUT2D eigenvalue weighted by Gasteiger charge is -2.19. The van der Waals surface area contributed by atoms with E-state index in [1.54, 1.807) is 0 Å². The number of benzene rings is 7. The molecule has 0 saturated heterocycles. The number of para-hydroxylation sites is 2. The molecule has 0 saturated carbocycles. The number of rotatable bonds is 6. The number of hydrogen-bond donors (Lipinski definition) is 0. The van der Waals surface area contributed by atoms with E-state index in [1.807, 2.05) is 30.3 Å². The summed E-state index contributed by atoms with van der Waals surface area (Å²) in [7, 11) is -2.05. The molecule has 9 aromatic rings. The molecule has 0 radical (unpaired) electrons. The average Bonchev–Trinajstić information content (AvgIpc) is 3.78. The largest absolute Gasteiger partial charge is 0.436 e. The average molecular weight is 710 g/mol. The molecule has 7 aromatic carbocycles. The summed E-state index contributed by atoms with van der Waals surface area (Å²) in [5.41, 5.74) is 15.0. The maximum atomic E-state index is 6.08. The van der Waals surface area contributed by atoms with Crippen molar-refractivity contribution >= 4 is 29.7 Å². The second-order valence-corrected chi connectivity index (χ2v) is 18.7. The van der Waals surface area contributed by atoms with Crippen molar-refractivity contribution in [2.75, 3.05) is 0 Å². The second-order valence-electron chi connectivity index (χ2n) is 14.5. The fourth-order valence-electron chi connectivity index (χ4n) is 7.90. The van der Waals surface area contributed by atoms with Gasteiger partial charge in [0.15, 0.2) is 11.4 Å². The predicted molar refractivity (Wildman–Crippen MR) is 224 cm³/mol. The third-order valence-corrected chi connectivity index (χ3v) is 14.0. The molecule has 0 N–H and O–H groups in total. The van der Waals surface area contributed by atoms with Gasteiger partial charge in [-0.25, -0.2) is 15.0 Å². The number of oxazole rings is 1. The molecule has 5 heteroatoms. The van der Waals surface area contributed by atoms with Crippen LogP contribution < -0.4 is 10.5 Å². The quantitative estimate of drug-likeness (QED) is 0.161. The first kappa shape index (κ1) is 32.0. The Kier molecular flexibility index (Phi) is 7.56. The minimum Gasteiger partial charge on any atom is -0.436 e. The highest BCUT2D eigenvalue weighted by Crippen LogP contribution is 2.37. The number of nitrogens with zero attached hydrogens (tertiary/aromatic N) is 3. The van der Waals surface area contributed by atoms with E-state index in [-0.39, 0.29) is 0 Å². The summed E-state index contributed by atoms with van der Waals surface area (Å²) in [6.07, 6.45) is 0. The van der Waals surface area contributed by atoms with Crippen molar-refractivity contribution < 1.29 is 4.42 Å². The SMILES string of the molecule is C[Si]1(C)c2ccccc2-c2c(-c3ccccc3)nc(-c3cccc(-c4cccc(-c5cccc(-c6cccc(-c7nc8ccccc8o7)c6)c5)c4)c3)nc21. The normalized spacial score (nSPS) is 12.8. The monoisotopic (exact) mass is 709 g/mol. The maximum Gasteiger partial charge on any atom is 0.227 e. The Morgan fingerprint density at radius 1 is 0.426 bits per heavy atom. The Bertz CT molecular complexity index is 2840. The third-order valence-electron chi connectivity index (χ3n) is 10.7. The summed E-state index contributed by atoms with van der Waals surface area (Å²) in [6, 6.07) is 61.8. The molecular formula is C49H35N3OSi. The van der Waals surface area contributed by atoms with Crippen LogP contribution in [0.3, 0.4) is 0 Å². The highest BCUT2D eigenvalue weighted by molar-refractivity contribution is 7.03. The summed E-state index contributed by atoms with van der Waals surface area (Å²) in [5.74, 6) is 1.40. The number of aromatic nitrogens is 3. The Hall–Kier alpha value is -6.69. The third kappa shape index (κ3) is 5.49. The molecular weight excluding hydrogens is 675 g/mol. The second kappa shape index (κ2) is 12.8. The lowest BCUT2D eigenvalue weighted by atomic mass is 9.95.